The van der Waals surface area contributed by atoms with Crippen LogP contribution in [-0.4, -0.2) is 41.8 Å². The molecule has 0 atom stereocenters. The molecule has 0 unspecified atom stereocenters. The second kappa shape index (κ2) is 9.43. The SMILES string of the molecule is CCOC(=O)c1c(NS(C)(=O)=O)nn2c(-c3ccc(C(F)(F)F)cc3)c(-c3ccccc3Cl)cnc12. The first-order valence-electron chi connectivity index (χ1n) is 10.4. The topological polar surface area (TPSA) is 103 Å². The van der Waals surface area contributed by atoms with E-state index in [1.807, 2.05) is 0 Å². The van der Waals surface area contributed by atoms with Crippen LogP contribution >= 0.6 is 11.6 Å². The van der Waals surface area contributed by atoms with Crippen LogP contribution in [0.3, 0.4) is 0 Å². The zero-order valence-corrected chi connectivity index (χ0v) is 20.4. The van der Waals surface area contributed by atoms with Gasteiger partial charge >= 0.3 is 12.1 Å². The van der Waals surface area contributed by atoms with Gasteiger partial charge in [0, 0.05) is 27.9 Å². The summed E-state index contributed by atoms with van der Waals surface area (Å²) in [5.41, 5.74) is 0.225. The fourth-order valence-corrected chi connectivity index (χ4v) is 4.33. The molecule has 4 aromatic rings. The van der Waals surface area contributed by atoms with Crippen LogP contribution in [0.2, 0.25) is 5.02 Å². The lowest BCUT2D eigenvalue weighted by Crippen LogP contribution is -2.14. The number of aromatic nitrogens is 3. The second-order valence-corrected chi connectivity index (χ2v) is 9.78. The highest BCUT2D eigenvalue weighted by molar-refractivity contribution is 7.92. The predicted octanol–water partition coefficient (Wildman–Crippen LogP) is 5.28. The molecule has 0 fully saturated rings. The quantitative estimate of drug-likeness (QED) is 0.335. The van der Waals surface area contributed by atoms with Gasteiger partial charge < -0.3 is 4.74 Å². The third-order valence-corrected chi connectivity index (χ3v) is 5.95. The molecule has 13 heteroatoms. The number of carbonyl (C=O) groups excluding carboxylic acids is 1. The molecule has 0 aliphatic carbocycles. The van der Waals surface area contributed by atoms with Crippen molar-refractivity contribution in [1.82, 2.24) is 14.6 Å². The Morgan fingerprint density at radius 2 is 1.78 bits per heavy atom. The number of benzene rings is 2. The Balaban J connectivity index is 2.08. The van der Waals surface area contributed by atoms with Crippen LogP contribution in [-0.2, 0) is 20.9 Å². The number of nitrogens with one attached hydrogen (secondary N) is 1. The highest BCUT2D eigenvalue weighted by Crippen LogP contribution is 2.38. The van der Waals surface area contributed by atoms with Gasteiger partial charge in [0.1, 0.15) is 5.56 Å². The Morgan fingerprint density at radius 3 is 2.36 bits per heavy atom. The van der Waals surface area contributed by atoms with E-state index in [0.29, 0.717) is 16.1 Å². The summed E-state index contributed by atoms with van der Waals surface area (Å²) in [7, 11) is -3.87. The first kappa shape index (κ1) is 25.5. The zero-order valence-electron chi connectivity index (χ0n) is 18.8. The molecule has 0 bridgehead atoms. The van der Waals surface area contributed by atoms with Crippen LogP contribution in [0.1, 0.15) is 22.8 Å². The predicted molar refractivity (Wildman–Crippen MR) is 128 cm³/mol. The first-order valence-corrected chi connectivity index (χ1v) is 12.7. The number of anilines is 1. The number of sulfonamides is 1. The fourth-order valence-electron chi connectivity index (χ4n) is 3.60. The van der Waals surface area contributed by atoms with Crippen LogP contribution in [0, 0.1) is 0 Å². The lowest BCUT2D eigenvalue weighted by Gasteiger charge is -2.14. The lowest BCUT2D eigenvalue weighted by atomic mass is 9.99. The van der Waals surface area contributed by atoms with Gasteiger partial charge in [0.25, 0.3) is 0 Å². The van der Waals surface area contributed by atoms with E-state index in [9.17, 15) is 26.4 Å². The molecular formula is C23H18ClF3N4O4S. The third-order valence-electron chi connectivity index (χ3n) is 5.06. The number of hydrogen-bond acceptors (Lipinski definition) is 6. The summed E-state index contributed by atoms with van der Waals surface area (Å²) < 4.78 is 71.9. The van der Waals surface area contributed by atoms with E-state index < -0.39 is 27.7 Å². The Bertz CT molecular complexity index is 1570. The number of nitrogens with zero attached hydrogens (tertiary/aromatic N) is 3. The number of esters is 1. The van der Waals surface area contributed by atoms with Crippen LogP contribution in [0.4, 0.5) is 19.0 Å². The number of ether oxygens (including phenoxy) is 1. The van der Waals surface area contributed by atoms with Gasteiger partial charge in [-0.25, -0.2) is 22.7 Å². The van der Waals surface area contributed by atoms with Crippen molar-refractivity contribution in [3.8, 4) is 22.4 Å². The monoisotopic (exact) mass is 538 g/mol. The molecular weight excluding hydrogens is 521 g/mol. The molecule has 188 valence electrons. The number of rotatable bonds is 6. The summed E-state index contributed by atoms with van der Waals surface area (Å²) in [4.78, 5) is 17.1. The molecule has 36 heavy (non-hydrogen) atoms. The molecule has 1 N–H and O–H groups in total. The highest BCUT2D eigenvalue weighted by atomic mass is 35.5. The van der Waals surface area contributed by atoms with E-state index in [0.717, 1.165) is 18.4 Å². The molecule has 0 aliphatic rings. The summed E-state index contributed by atoms with van der Waals surface area (Å²) >= 11 is 6.40. The van der Waals surface area contributed by atoms with Crippen molar-refractivity contribution in [1.29, 1.82) is 0 Å². The van der Waals surface area contributed by atoms with Crippen molar-refractivity contribution < 1.29 is 31.1 Å². The Hall–Kier alpha value is -3.64. The van der Waals surface area contributed by atoms with Gasteiger partial charge in [0.2, 0.25) is 10.0 Å². The van der Waals surface area contributed by atoms with Crippen molar-refractivity contribution >= 4 is 39.1 Å². The van der Waals surface area contributed by atoms with Gasteiger partial charge in [-0.3, -0.25) is 4.72 Å². The minimum absolute atomic E-state index is 0.00203. The number of carbonyl (C=O) groups is 1. The molecule has 0 radical (unpaired) electrons. The highest BCUT2D eigenvalue weighted by Gasteiger charge is 2.31. The van der Waals surface area contributed by atoms with E-state index in [1.165, 1.54) is 22.8 Å². The standard InChI is InChI=1S/C23H18ClF3N4O4S/c1-3-35-22(32)18-20(30-36(2,33)34)29-31-19(13-8-10-14(11-9-13)23(25,26)27)16(12-28-21(18)31)15-6-4-5-7-17(15)24/h4-12H,3H2,1-2H3,(H,29,30). The lowest BCUT2D eigenvalue weighted by molar-refractivity contribution is -0.137. The number of hydrogen-bond donors (Lipinski definition) is 1. The molecule has 0 aliphatic heterocycles. The van der Waals surface area contributed by atoms with Crippen molar-refractivity contribution in [2.75, 3.05) is 17.6 Å². The van der Waals surface area contributed by atoms with Crippen LogP contribution in [0.15, 0.2) is 54.7 Å². The van der Waals surface area contributed by atoms with Gasteiger partial charge in [-0.05, 0) is 25.1 Å². The summed E-state index contributed by atoms with van der Waals surface area (Å²) in [6, 6.07) is 11.0. The van der Waals surface area contributed by atoms with E-state index >= 15 is 0 Å². The van der Waals surface area contributed by atoms with E-state index in [-0.39, 0.29) is 34.9 Å². The Labute approximate surface area is 208 Å². The van der Waals surface area contributed by atoms with Crippen molar-refractivity contribution in [2.24, 2.45) is 0 Å². The largest absolute Gasteiger partial charge is 0.462 e. The fraction of sp³-hybridized carbons (Fsp3) is 0.174. The molecule has 2 heterocycles. The van der Waals surface area contributed by atoms with E-state index in [2.05, 4.69) is 14.8 Å². The number of halogens is 4. The number of alkyl halides is 3. The Morgan fingerprint density at radius 1 is 1.11 bits per heavy atom. The van der Waals surface area contributed by atoms with Crippen LogP contribution in [0.5, 0.6) is 0 Å². The van der Waals surface area contributed by atoms with Gasteiger partial charge in [-0.15, -0.1) is 5.10 Å². The van der Waals surface area contributed by atoms with Gasteiger partial charge in [0.05, 0.1) is 24.1 Å². The zero-order chi connectivity index (χ0) is 26.3. The molecule has 2 aromatic carbocycles. The average Bonchev–Trinajstić information content (AvgIpc) is 3.14. The maximum atomic E-state index is 13.2. The number of fused-ring (bicyclic) bond motifs is 1. The van der Waals surface area contributed by atoms with E-state index in [4.69, 9.17) is 16.3 Å². The molecule has 0 amide bonds. The second-order valence-electron chi connectivity index (χ2n) is 7.63. The molecule has 0 saturated carbocycles. The van der Waals surface area contributed by atoms with Gasteiger partial charge in [-0.2, -0.15) is 13.2 Å². The van der Waals surface area contributed by atoms with Crippen LogP contribution < -0.4 is 4.72 Å². The van der Waals surface area contributed by atoms with Crippen molar-refractivity contribution in [2.45, 2.75) is 13.1 Å². The summed E-state index contributed by atoms with van der Waals surface area (Å²) in [5, 5.41) is 4.59. The normalized spacial score (nSPS) is 12.1. The third kappa shape index (κ3) is 5.00. The minimum Gasteiger partial charge on any atom is -0.462 e. The minimum atomic E-state index is -4.55. The van der Waals surface area contributed by atoms with Crippen molar-refractivity contribution in [3.05, 3.63) is 70.9 Å². The maximum absolute atomic E-state index is 13.2. The van der Waals surface area contributed by atoms with Gasteiger partial charge in [-0.1, -0.05) is 41.9 Å². The maximum Gasteiger partial charge on any atom is 0.416 e. The molecule has 2 aromatic heterocycles. The molecule has 0 saturated heterocycles. The summed E-state index contributed by atoms with van der Waals surface area (Å²) in [5.74, 6) is -1.22. The molecule has 0 spiro atoms. The average molecular weight is 539 g/mol. The smallest absolute Gasteiger partial charge is 0.416 e. The molecule has 8 nitrogen and oxygen atoms in total. The van der Waals surface area contributed by atoms with Crippen molar-refractivity contribution in [3.63, 3.8) is 0 Å². The Kier molecular flexibility index (Phi) is 6.67. The summed E-state index contributed by atoms with van der Waals surface area (Å²) in [6.45, 7) is 1.57. The van der Waals surface area contributed by atoms with E-state index in [1.54, 1.807) is 31.2 Å². The van der Waals surface area contributed by atoms with Gasteiger partial charge in [0.15, 0.2) is 11.5 Å². The first-order chi connectivity index (χ1) is 16.9. The molecule has 4 rings (SSSR count). The van der Waals surface area contributed by atoms with Crippen LogP contribution in [0.25, 0.3) is 28.0 Å². The summed E-state index contributed by atoms with van der Waals surface area (Å²) in [6.07, 6.45) is -2.28.